The highest BCUT2D eigenvalue weighted by Crippen LogP contribution is 2.34. The maximum absolute atomic E-state index is 11.8. The first-order valence-electron chi connectivity index (χ1n) is 6.46. The number of likely N-dealkylation sites (tertiary alicyclic amines) is 1. The molecule has 1 heterocycles. The van der Waals surface area contributed by atoms with E-state index in [4.69, 9.17) is 5.11 Å². The van der Waals surface area contributed by atoms with Crippen LogP contribution in [0.4, 0.5) is 0 Å². The van der Waals surface area contributed by atoms with Crippen molar-refractivity contribution in [3.8, 4) is 0 Å². The van der Waals surface area contributed by atoms with E-state index in [1.807, 2.05) is 4.90 Å². The van der Waals surface area contributed by atoms with Gasteiger partial charge < -0.3 is 10.0 Å². The highest BCUT2D eigenvalue weighted by Gasteiger charge is 2.29. The van der Waals surface area contributed by atoms with Crippen LogP contribution in [0.1, 0.15) is 52.4 Å². The summed E-state index contributed by atoms with van der Waals surface area (Å²) < 4.78 is 0. The number of carboxylic acid groups (broad SMARTS) is 1. The van der Waals surface area contributed by atoms with E-state index in [2.05, 4.69) is 13.8 Å². The topological polar surface area (TPSA) is 57.6 Å². The number of carboxylic acids is 1. The van der Waals surface area contributed by atoms with Crippen LogP contribution in [-0.4, -0.2) is 35.0 Å². The van der Waals surface area contributed by atoms with Crippen molar-refractivity contribution in [2.24, 2.45) is 5.41 Å². The molecule has 0 aromatic heterocycles. The molecule has 0 spiro atoms. The Morgan fingerprint density at radius 1 is 1.24 bits per heavy atom. The zero-order valence-corrected chi connectivity index (χ0v) is 10.9. The minimum absolute atomic E-state index is 0.0895. The predicted molar refractivity (Wildman–Crippen MR) is 65.7 cm³/mol. The predicted octanol–water partition coefficient (Wildman–Crippen LogP) is 2.28. The van der Waals surface area contributed by atoms with Crippen molar-refractivity contribution in [1.82, 2.24) is 4.90 Å². The summed E-state index contributed by atoms with van der Waals surface area (Å²) in [5, 5.41) is 8.51. The highest BCUT2D eigenvalue weighted by molar-refractivity contribution is 5.77. The minimum atomic E-state index is -0.824. The largest absolute Gasteiger partial charge is 0.481 e. The fourth-order valence-corrected chi connectivity index (χ4v) is 2.20. The average Bonchev–Trinajstić information content (AvgIpc) is 2.29. The number of nitrogens with zero attached hydrogens (tertiary/aromatic N) is 1. The lowest BCUT2D eigenvalue weighted by atomic mass is 9.78. The molecule has 1 amide bonds. The third-order valence-electron chi connectivity index (χ3n) is 3.96. The molecule has 1 aliphatic heterocycles. The summed E-state index contributed by atoms with van der Waals surface area (Å²) >= 11 is 0. The molecule has 0 radical (unpaired) electrons. The van der Waals surface area contributed by atoms with Crippen molar-refractivity contribution in [3.63, 3.8) is 0 Å². The lowest BCUT2D eigenvalue weighted by molar-refractivity contribution is -0.137. The minimum Gasteiger partial charge on any atom is -0.481 e. The van der Waals surface area contributed by atoms with Crippen LogP contribution >= 0.6 is 0 Å². The Labute approximate surface area is 103 Å². The summed E-state index contributed by atoms with van der Waals surface area (Å²) in [6.07, 6.45) is 4.20. The molecule has 1 aliphatic rings. The molecule has 1 saturated heterocycles. The summed E-state index contributed by atoms with van der Waals surface area (Å²) in [7, 11) is 0. The van der Waals surface area contributed by atoms with Crippen molar-refractivity contribution in [2.75, 3.05) is 13.1 Å². The molecule has 1 fully saturated rings. The van der Waals surface area contributed by atoms with E-state index in [-0.39, 0.29) is 12.3 Å². The van der Waals surface area contributed by atoms with Crippen LogP contribution in [0.5, 0.6) is 0 Å². The third-order valence-corrected chi connectivity index (χ3v) is 3.96. The van der Waals surface area contributed by atoms with Gasteiger partial charge in [0.2, 0.25) is 5.91 Å². The number of piperidine rings is 1. The van der Waals surface area contributed by atoms with Gasteiger partial charge in [0, 0.05) is 25.9 Å². The summed E-state index contributed by atoms with van der Waals surface area (Å²) in [6.45, 7) is 6.13. The van der Waals surface area contributed by atoms with Gasteiger partial charge in [-0.05, 0) is 24.7 Å². The van der Waals surface area contributed by atoms with Gasteiger partial charge in [0.05, 0.1) is 0 Å². The van der Waals surface area contributed by atoms with E-state index in [1.54, 1.807) is 0 Å². The molecule has 0 atom stereocenters. The average molecular weight is 241 g/mol. The van der Waals surface area contributed by atoms with Gasteiger partial charge in [0.15, 0.2) is 0 Å². The first kappa shape index (κ1) is 14.0. The number of hydrogen-bond acceptors (Lipinski definition) is 2. The van der Waals surface area contributed by atoms with Crippen molar-refractivity contribution < 1.29 is 14.7 Å². The van der Waals surface area contributed by atoms with Crippen molar-refractivity contribution in [3.05, 3.63) is 0 Å². The Morgan fingerprint density at radius 2 is 1.82 bits per heavy atom. The van der Waals surface area contributed by atoms with Gasteiger partial charge in [-0.2, -0.15) is 0 Å². The lowest BCUT2D eigenvalue weighted by Crippen LogP contribution is -2.41. The molecule has 17 heavy (non-hydrogen) atoms. The summed E-state index contributed by atoms with van der Waals surface area (Å²) in [5.41, 5.74) is 0.387. The van der Waals surface area contributed by atoms with E-state index in [0.29, 0.717) is 18.3 Å². The Balaban J connectivity index is 2.28. The maximum Gasteiger partial charge on any atom is 0.303 e. The van der Waals surface area contributed by atoms with Gasteiger partial charge in [0.25, 0.3) is 0 Å². The van der Waals surface area contributed by atoms with E-state index < -0.39 is 5.97 Å². The second-order valence-corrected chi connectivity index (χ2v) is 5.29. The van der Waals surface area contributed by atoms with Gasteiger partial charge >= 0.3 is 5.97 Å². The first-order valence-corrected chi connectivity index (χ1v) is 6.46. The van der Waals surface area contributed by atoms with Crippen LogP contribution in [0.3, 0.4) is 0 Å². The van der Waals surface area contributed by atoms with Crippen molar-refractivity contribution in [2.45, 2.75) is 52.4 Å². The number of carbonyl (C=O) groups is 2. The molecule has 1 N–H and O–H groups in total. The van der Waals surface area contributed by atoms with Gasteiger partial charge in [-0.15, -0.1) is 0 Å². The second kappa shape index (κ2) is 6.03. The Morgan fingerprint density at radius 3 is 2.29 bits per heavy atom. The number of hydrogen-bond donors (Lipinski definition) is 1. The molecule has 98 valence electrons. The normalized spacial score (nSPS) is 19.1. The number of carbonyl (C=O) groups excluding carboxylic acids is 1. The molecule has 0 aromatic rings. The van der Waals surface area contributed by atoms with Gasteiger partial charge in [0.1, 0.15) is 0 Å². The smallest absolute Gasteiger partial charge is 0.303 e. The quantitative estimate of drug-likeness (QED) is 0.803. The van der Waals surface area contributed by atoms with Crippen LogP contribution in [-0.2, 0) is 9.59 Å². The molecule has 4 nitrogen and oxygen atoms in total. The summed E-state index contributed by atoms with van der Waals surface area (Å²) in [4.78, 5) is 24.1. The van der Waals surface area contributed by atoms with E-state index in [1.165, 1.54) is 0 Å². The van der Waals surface area contributed by atoms with E-state index in [9.17, 15) is 9.59 Å². The highest BCUT2D eigenvalue weighted by atomic mass is 16.4. The molecular weight excluding hydrogens is 218 g/mol. The monoisotopic (exact) mass is 241 g/mol. The maximum atomic E-state index is 11.8. The molecule has 0 saturated carbocycles. The lowest BCUT2D eigenvalue weighted by Gasteiger charge is -2.39. The molecule has 0 unspecified atom stereocenters. The first-order chi connectivity index (χ1) is 7.97. The van der Waals surface area contributed by atoms with Crippen LogP contribution in [0.15, 0.2) is 0 Å². The number of aliphatic carboxylic acids is 1. The number of amides is 1. The van der Waals surface area contributed by atoms with Gasteiger partial charge in [-0.1, -0.05) is 20.3 Å². The van der Waals surface area contributed by atoms with Crippen LogP contribution in [0.2, 0.25) is 0 Å². The Kier molecular flexibility index (Phi) is 4.97. The van der Waals surface area contributed by atoms with Crippen molar-refractivity contribution >= 4 is 11.9 Å². The molecule has 1 rings (SSSR count). The van der Waals surface area contributed by atoms with Crippen molar-refractivity contribution in [1.29, 1.82) is 0 Å². The van der Waals surface area contributed by atoms with E-state index >= 15 is 0 Å². The fourth-order valence-electron chi connectivity index (χ4n) is 2.20. The molecule has 0 bridgehead atoms. The fraction of sp³-hybridized carbons (Fsp3) is 0.846. The van der Waals surface area contributed by atoms with Gasteiger partial charge in [-0.25, -0.2) is 0 Å². The molecular formula is C13H23NO3. The standard InChI is InChI=1S/C13H23NO3/c1-3-13(2)7-9-14(10-8-13)11(15)5-4-6-12(16)17/h3-10H2,1-2H3,(H,16,17). The van der Waals surface area contributed by atoms with Crippen LogP contribution in [0, 0.1) is 5.41 Å². The van der Waals surface area contributed by atoms with Crippen LogP contribution in [0.25, 0.3) is 0 Å². The second-order valence-electron chi connectivity index (χ2n) is 5.29. The SMILES string of the molecule is CCC1(C)CCN(C(=O)CCCC(=O)O)CC1. The molecule has 4 heteroatoms. The van der Waals surface area contributed by atoms with Gasteiger partial charge in [-0.3, -0.25) is 9.59 Å². The summed E-state index contributed by atoms with van der Waals surface area (Å²) in [6, 6.07) is 0. The van der Waals surface area contributed by atoms with E-state index in [0.717, 1.165) is 32.4 Å². The van der Waals surface area contributed by atoms with Crippen LogP contribution < -0.4 is 0 Å². The number of rotatable bonds is 5. The summed E-state index contributed by atoms with van der Waals surface area (Å²) in [5.74, 6) is -0.709. The molecule has 0 aromatic carbocycles. The third kappa shape index (κ3) is 4.36. The Hall–Kier alpha value is -1.06. The molecule has 0 aliphatic carbocycles. The Bertz CT molecular complexity index is 280. The zero-order valence-electron chi connectivity index (χ0n) is 10.9. The zero-order chi connectivity index (χ0) is 12.9.